The van der Waals surface area contributed by atoms with E-state index in [9.17, 15) is 13.6 Å². The Kier molecular flexibility index (Phi) is 4.50. The number of carbonyl (C=O) groups is 1. The highest BCUT2D eigenvalue weighted by molar-refractivity contribution is 9.10. The second-order valence-corrected chi connectivity index (χ2v) is 5.14. The number of ketones is 1. The molecule has 0 spiro atoms. The SMILES string of the molecule is N#CCC(=O)C1=Cc2cc(OCC(F)F)c(Br)cc2C1. The number of fused-ring (bicyclic) bond motifs is 1. The van der Waals surface area contributed by atoms with Crippen LogP contribution in [0.15, 0.2) is 22.2 Å². The smallest absolute Gasteiger partial charge is 0.272 e. The molecule has 3 nitrogen and oxygen atoms in total. The number of halogens is 3. The van der Waals surface area contributed by atoms with Crippen LogP contribution in [0.5, 0.6) is 5.75 Å². The third-order valence-electron chi connectivity index (χ3n) is 2.87. The van der Waals surface area contributed by atoms with Crippen molar-refractivity contribution in [3.63, 3.8) is 0 Å². The number of ether oxygens (including phenoxy) is 1. The quantitative estimate of drug-likeness (QED) is 0.823. The maximum atomic E-state index is 12.2. The lowest BCUT2D eigenvalue weighted by atomic mass is 10.1. The van der Waals surface area contributed by atoms with Crippen LogP contribution in [-0.2, 0) is 11.2 Å². The van der Waals surface area contributed by atoms with E-state index in [1.54, 1.807) is 18.2 Å². The fraction of sp³-hybridized carbons (Fsp3) is 0.286. The lowest BCUT2D eigenvalue weighted by Crippen LogP contribution is -2.07. The first-order valence-electron chi connectivity index (χ1n) is 5.85. The van der Waals surface area contributed by atoms with Gasteiger partial charge in [-0.2, -0.15) is 5.26 Å². The minimum absolute atomic E-state index is 0.157. The minimum Gasteiger partial charge on any atom is -0.486 e. The third-order valence-corrected chi connectivity index (χ3v) is 3.49. The van der Waals surface area contributed by atoms with E-state index in [0.29, 0.717) is 22.2 Å². The fourth-order valence-electron chi connectivity index (χ4n) is 1.97. The van der Waals surface area contributed by atoms with Gasteiger partial charge in [-0.05, 0) is 45.3 Å². The molecule has 1 aromatic rings. The molecular formula is C14H10BrF2NO2. The van der Waals surface area contributed by atoms with Crippen molar-refractivity contribution in [1.82, 2.24) is 0 Å². The van der Waals surface area contributed by atoms with E-state index in [-0.39, 0.29) is 12.2 Å². The lowest BCUT2D eigenvalue weighted by Gasteiger charge is -2.09. The molecule has 0 bridgehead atoms. The first-order chi connectivity index (χ1) is 9.51. The van der Waals surface area contributed by atoms with Crippen LogP contribution in [0.4, 0.5) is 8.78 Å². The Morgan fingerprint density at radius 3 is 2.90 bits per heavy atom. The number of allylic oxidation sites excluding steroid dienone is 1. The summed E-state index contributed by atoms with van der Waals surface area (Å²) in [6.45, 7) is -0.679. The first kappa shape index (κ1) is 14.7. The second-order valence-electron chi connectivity index (χ2n) is 4.29. The number of benzene rings is 1. The van der Waals surface area contributed by atoms with Crippen molar-refractivity contribution in [1.29, 1.82) is 5.26 Å². The van der Waals surface area contributed by atoms with Crippen LogP contribution in [-0.4, -0.2) is 18.8 Å². The van der Waals surface area contributed by atoms with Crippen LogP contribution in [0, 0.1) is 11.3 Å². The summed E-state index contributed by atoms with van der Waals surface area (Å²) in [6, 6.07) is 5.19. The van der Waals surface area contributed by atoms with Gasteiger partial charge < -0.3 is 4.74 Å². The molecule has 20 heavy (non-hydrogen) atoms. The summed E-state index contributed by atoms with van der Waals surface area (Å²) in [6.07, 6.45) is -0.575. The Morgan fingerprint density at radius 2 is 2.25 bits per heavy atom. The highest BCUT2D eigenvalue weighted by Gasteiger charge is 2.20. The number of Topliss-reactive ketones (excluding diaryl/α,β-unsaturated/α-hetero) is 1. The topological polar surface area (TPSA) is 50.1 Å². The van der Waals surface area contributed by atoms with E-state index in [2.05, 4.69) is 15.9 Å². The molecule has 0 aromatic heterocycles. The van der Waals surface area contributed by atoms with Gasteiger partial charge in [-0.1, -0.05) is 0 Å². The first-order valence-corrected chi connectivity index (χ1v) is 6.64. The van der Waals surface area contributed by atoms with Gasteiger partial charge in [-0.15, -0.1) is 0 Å². The predicted molar refractivity (Wildman–Crippen MR) is 72.6 cm³/mol. The molecule has 0 saturated carbocycles. The van der Waals surface area contributed by atoms with Gasteiger partial charge in [0.2, 0.25) is 0 Å². The van der Waals surface area contributed by atoms with E-state index in [0.717, 1.165) is 11.1 Å². The molecule has 1 aliphatic carbocycles. The van der Waals surface area contributed by atoms with Crippen molar-refractivity contribution in [2.75, 3.05) is 6.61 Å². The van der Waals surface area contributed by atoms with Gasteiger partial charge in [0, 0.05) is 12.0 Å². The zero-order valence-corrected chi connectivity index (χ0v) is 11.9. The maximum absolute atomic E-state index is 12.2. The molecule has 1 aliphatic rings. The minimum atomic E-state index is -2.54. The van der Waals surface area contributed by atoms with E-state index >= 15 is 0 Å². The zero-order valence-electron chi connectivity index (χ0n) is 10.3. The predicted octanol–water partition coefficient (Wildman–Crippen LogP) is 3.52. The van der Waals surface area contributed by atoms with Crippen LogP contribution in [0.1, 0.15) is 17.5 Å². The van der Waals surface area contributed by atoms with Crippen molar-refractivity contribution < 1.29 is 18.3 Å². The summed E-state index contributed by atoms with van der Waals surface area (Å²) in [4.78, 5) is 11.7. The van der Waals surface area contributed by atoms with Crippen LogP contribution < -0.4 is 4.74 Å². The molecular weight excluding hydrogens is 332 g/mol. The van der Waals surface area contributed by atoms with Gasteiger partial charge in [-0.25, -0.2) is 8.78 Å². The molecule has 0 saturated heterocycles. The number of rotatable bonds is 5. The van der Waals surface area contributed by atoms with Gasteiger partial charge in [0.15, 0.2) is 5.78 Å². The van der Waals surface area contributed by atoms with E-state index < -0.39 is 13.0 Å². The Balaban J connectivity index is 2.21. The van der Waals surface area contributed by atoms with Gasteiger partial charge in [-0.3, -0.25) is 4.79 Å². The van der Waals surface area contributed by atoms with Crippen LogP contribution >= 0.6 is 15.9 Å². The maximum Gasteiger partial charge on any atom is 0.272 e. The normalized spacial score (nSPS) is 12.8. The molecule has 0 radical (unpaired) electrons. The summed E-state index contributed by atoms with van der Waals surface area (Å²) in [5.41, 5.74) is 2.22. The van der Waals surface area contributed by atoms with Crippen LogP contribution in [0.25, 0.3) is 6.08 Å². The second kappa shape index (κ2) is 6.14. The highest BCUT2D eigenvalue weighted by Crippen LogP contribution is 2.35. The largest absolute Gasteiger partial charge is 0.486 e. The fourth-order valence-corrected chi connectivity index (χ4v) is 2.47. The molecule has 0 amide bonds. The zero-order chi connectivity index (χ0) is 14.7. The molecule has 0 atom stereocenters. The average molecular weight is 342 g/mol. The molecule has 6 heteroatoms. The van der Waals surface area contributed by atoms with Crippen molar-refractivity contribution in [3.05, 3.63) is 33.3 Å². The van der Waals surface area contributed by atoms with Gasteiger partial charge in [0.1, 0.15) is 12.4 Å². The van der Waals surface area contributed by atoms with E-state index in [4.69, 9.17) is 10.00 Å². The molecule has 0 fully saturated rings. The highest BCUT2D eigenvalue weighted by atomic mass is 79.9. The number of hydrogen-bond donors (Lipinski definition) is 0. The Hall–Kier alpha value is -1.74. The van der Waals surface area contributed by atoms with E-state index in [1.807, 2.05) is 6.07 Å². The van der Waals surface area contributed by atoms with Gasteiger partial charge >= 0.3 is 0 Å². The molecule has 0 heterocycles. The van der Waals surface area contributed by atoms with Crippen molar-refractivity contribution in [3.8, 4) is 11.8 Å². The summed E-state index contributed by atoms with van der Waals surface area (Å²) >= 11 is 3.26. The molecule has 2 rings (SSSR count). The van der Waals surface area contributed by atoms with Crippen molar-refractivity contribution in [2.24, 2.45) is 0 Å². The molecule has 0 N–H and O–H groups in total. The average Bonchev–Trinajstić information content (AvgIpc) is 2.79. The number of nitrogens with zero attached hydrogens (tertiary/aromatic N) is 1. The van der Waals surface area contributed by atoms with Crippen LogP contribution in [0.2, 0.25) is 0 Å². The third kappa shape index (κ3) is 3.23. The number of carbonyl (C=O) groups excluding carboxylic acids is 1. The number of nitriles is 1. The number of alkyl halides is 2. The Morgan fingerprint density at radius 1 is 1.50 bits per heavy atom. The lowest BCUT2D eigenvalue weighted by molar-refractivity contribution is -0.114. The number of hydrogen-bond acceptors (Lipinski definition) is 3. The van der Waals surface area contributed by atoms with Crippen molar-refractivity contribution >= 4 is 27.8 Å². The summed E-state index contributed by atoms with van der Waals surface area (Å²) in [5.74, 6) is 0.101. The Bertz CT molecular complexity index is 620. The van der Waals surface area contributed by atoms with Crippen molar-refractivity contribution in [2.45, 2.75) is 19.3 Å². The van der Waals surface area contributed by atoms with E-state index in [1.165, 1.54) is 0 Å². The summed E-state index contributed by atoms with van der Waals surface area (Å²) < 4.78 is 29.9. The van der Waals surface area contributed by atoms with Gasteiger partial charge in [0.05, 0.1) is 17.0 Å². The summed E-state index contributed by atoms with van der Waals surface area (Å²) in [7, 11) is 0. The molecule has 1 aromatic carbocycles. The summed E-state index contributed by atoms with van der Waals surface area (Å²) in [5, 5.41) is 8.53. The molecule has 0 unspecified atom stereocenters. The monoisotopic (exact) mass is 341 g/mol. The van der Waals surface area contributed by atoms with Gasteiger partial charge in [0.25, 0.3) is 6.43 Å². The molecule has 104 valence electrons. The van der Waals surface area contributed by atoms with Crippen LogP contribution in [0.3, 0.4) is 0 Å². The Labute approximate surface area is 123 Å². The molecule has 0 aliphatic heterocycles. The standard InChI is InChI=1S/C14H10BrF2NO2/c15-11-5-8-3-10(12(19)1-2-18)4-9(8)6-13(11)20-7-14(16)17/h4-6,14H,1,3,7H2.